The van der Waals surface area contributed by atoms with E-state index in [9.17, 15) is 4.79 Å². The average molecular weight is 346 g/mol. The van der Waals surface area contributed by atoms with Crippen LogP contribution in [0, 0.1) is 0 Å². The van der Waals surface area contributed by atoms with E-state index in [0.29, 0.717) is 12.1 Å². The molecule has 5 heteroatoms. The molecule has 1 amide bonds. The Balaban J connectivity index is 1.81. The van der Waals surface area contributed by atoms with Gasteiger partial charge in [-0.15, -0.1) is 0 Å². The monoisotopic (exact) mass is 345 g/mol. The molecule has 0 saturated carbocycles. The highest BCUT2D eigenvalue weighted by molar-refractivity contribution is 8.00. The Morgan fingerprint density at radius 1 is 1.29 bits per heavy atom. The number of benzene rings is 1. The minimum absolute atomic E-state index is 0.116. The number of likely N-dealkylation sites (tertiary alicyclic amines) is 1. The molecule has 3 atom stereocenters. The minimum atomic E-state index is -0.116. The Hall–Kier alpha value is -1.49. The molecule has 3 rings (SSSR count). The third-order valence-corrected chi connectivity index (χ3v) is 6.09. The van der Waals surface area contributed by atoms with Crippen LogP contribution in [-0.4, -0.2) is 37.7 Å². The summed E-state index contributed by atoms with van der Waals surface area (Å²) in [6.07, 6.45) is 3.45. The van der Waals surface area contributed by atoms with Crippen molar-refractivity contribution in [3.05, 3.63) is 24.3 Å². The molecule has 1 saturated heterocycles. The fourth-order valence-electron chi connectivity index (χ4n) is 3.72. The first-order valence-corrected chi connectivity index (χ1v) is 9.85. The van der Waals surface area contributed by atoms with Crippen LogP contribution in [0.15, 0.2) is 29.4 Å². The minimum Gasteiger partial charge on any atom is -0.336 e. The molecule has 0 N–H and O–H groups in total. The van der Waals surface area contributed by atoms with Crippen molar-refractivity contribution >= 4 is 28.7 Å². The van der Waals surface area contributed by atoms with E-state index in [1.165, 1.54) is 6.42 Å². The largest absolute Gasteiger partial charge is 0.336 e. The van der Waals surface area contributed by atoms with Gasteiger partial charge in [0.25, 0.3) is 0 Å². The molecular formula is C19H27N3OS. The quantitative estimate of drug-likeness (QED) is 0.774. The van der Waals surface area contributed by atoms with Gasteiger partial charge in [-0.2, -0.15) is 0 Å². The number of imidazole rings is 1. The number of carbonyl (C=O) groups is 1. The summed E-state index contributed by atoms with van der Waals surface area (Å²) in [5, 5.41) is 0.826. The van der Waals surface area contributed by atoms with Gasteiger partial charge < -0.3 is 9.47 Å². The molecule has 0 radical (unpaired) electrons. The van der Waals surface area contributed by atoms with Gasteiger partial charge in [-0.3, -0.25) is 4.79 Å². The summed E-state index contributed by atoms with van der Waals surface area (Å²) >= 11 is 1.59. The van der Waals surface area contributed by atoms with Crippen LogP contribution >= 0.6 is 11.8 Å². The van der Waals surface area contributed by atoms with Crippen molar-refractivity contribution in [2.45, 2.75) is 76.0 Å². The zero-order valence-electron chi connectivity index (χ0n) is 15.0. The molecule has 0 bridgehead atoms. The summed E-state index contributed by atoms with van der Waals surface area (Å²) in [7, 11) is 0. The van der Waals surface area contributed by atoms with Gasteiger partial charge >= 0.3 is 0 Å². The van der Waals surface area contributed by atoms with Gasteiger partial charge in [0.1, 0.15) is 0 Å². The summed E-state index contributed by atoms with van der Waals surface area (Å²) in [6.45, 7) is 9.35. The van der Waals surface area contributed by atoms with E-state index in [0.717, 1.165) is 35.6 Å². The number of piperidine rings is 1. The predicted molar refractivity (Wildman–Crippen MR) is 100 cm³/mol. The Morgan fingerprint density at radius 3 is 2.62 bits per heavy atom. The van der Waals surface area contributed by atoms with Crippen molar-refractivity contribution in [1.29, 1.82) is 0 Å². The third-order valence-electron chi connectivity index (χ3n) is 5.01. The topological polar surface area (TPSA) is 38.1 Å². The van der Waals surface area contributed by atoms with Gasteiger partial charge in [0.05, 0.1) is 16.3 Å². The van der Waals surface area contributed by atoms with Crippen LogP contribution in [0.5, 0.6) is 0 Å². The number of thioether (sulfide) groups is 1. The molecule has 130 valence electrons. The fourth-order valence-corrected chi connectivity index (χ4v) is 4.77. The summed E-state index contributed by atoms with van der Waals surface area (Å²) in [6, 6.07) is 8.86. The number of hydrogen-bond donors (Lipinski definition) is 0. The maximum absolute atomic E-state index is 13.0. The molecule has 1 fully saturated rings. The number of aryl methyl sites for hydroxylation is 1. The third kappa shape index (κ3) is 3.18. The molecule has 1 aromatic carbocycles. The first-order chi connectivity index (χ1) is 11.5. The molecule has 3 unspecified atom stereocenters. The second kappa shape index (κ2) is 7.18. The van der Waals surface area contributed by atoms with Crippen molar-refractivity contribution in [3.8, 4) is 0 Å². The molecule has 24 heavy (non-hydrogen) atoms. The zero-order chi connectivity index (χ0) is 17.3. The van der Waals surface area contributed by atoms with Crippen molar-refractivity contribution in [1.82, 2.24) is 14.5 Å². The first-order valence-electron chi connectivity index (χ1n) is 8.97. The Labute approximate surface area is 148 Å². The highest BCUT2D eigenvalue weighted by Crippen LogP contribution is 2.31. The van der Waals surface area contributed by atoms with E-state index in [1.807, 2.05) is 25.1 Å². The van der Waals surface area contributed by atoms with Crippen LogP contribution < -0.4 is 0 Å². The van der Waals surface area contributed by atoms with E-state index in [-0.39, 0.29) is 11.2 Å². The number of fused-ring (bicyclic) bond motifs is 1. The number of para-hydroxylation sites is 2. The number of carbonyl (C=O) groups excluding carboxylic acids is 1. The second-order valence-electron chi connectivity index (χ2n) is 6.76. The number of rotatable bonds is 4. The summed E-state index contributed by atoms with van der Waals surface area (Å²) in [5.74, 6) is 0.245. The normalized spacial score (nSPS) is 22.8. The SMILES string of the molecule is CCn1c(SC(C)C(=O)N2C(C)CCCC2C)nc2ccccc21. The zero-order valence-corrected chi connectivity index (χ0v) is 15.8. The van der Waals surface area contributed by atoms with E-state index < -0.39 is 0 Å². The van der Waals surface area contributed by atoms with Gasteiger partial charge in [0.15, 0.2) is 5.16 Å². The van der Waals surface area contributed by atoms with E-state index >= 15 is 0 Å². The number of aromatic nitrogens is 2. The van der Waals surface area contributed by atoms with Gasteiger partial charge in [0.2, 0.25) is 5.91 Å². The number of nitrogens with zero attached hydrogens (tertiary/aromatic N) is 3. The fraction of sp³-hybridized carbons (Fsp3) is 0.579. The van der Waals surface area contributed by atoms with Crippen LogP contribution in [0.2, 0.25) is 0 Å². The maximum Gasteiger partial charge on any atom is 0.236 e. The highest BCUT2D eigenvalue weighted by Gasteiger charge is 2.32. The van der Waals surface area contributed by atoms with Crippen LogP contribution in [0.25, 0.3) is 11.0 Å². The standard InChI is InChI=1S/C19H27N3OS/c1-5-21-17-12-7-6-11-16(17)20-19(21)24-15(4)18(23)22-13(2)9-8-10-14(22)3/h6-7,11-15H,5,8-10H2,1-4H3. The molecule has 1 aliphatic heterocycles. The van der Waals surface area contributed by atoms with Gasteiger partial charge in [-0.05, 0) is 59.1 Å². The van der Waals surface area contributed by atoms with Crippen molar-refractivity contribution in [2.24, 2.45) is 0 Å². The molecule has 1 aromatic heterocycles. The van der Waals surface area contributed by atoms with E-state index in [2.05, 4.69) is 36.3 Å². The van der Waals surface area contributed by atoms with Crippen molar-refractivity contribution in [2.75, 3.05) is 0 Å². The molecule has 2 aromatic rings. The predicted octanol–water partition coefficient (Wildman–Crippen LogP) is 4.33. The molecule has 4 nitrogen and oxygen atoms in total. The lowest BCUT2D eigenvalue weighted by Gasteiger charge is -2.40. The van der Waals surface area contributed by atoms with E-state index in [1.54, 1.807) is 11.8 Å². The van der Waals surface area contributed by atoms with Crippen molar-refractivity contribution < 1.29 is 4.79 Å². The Morgan fingerprint density at radius 2 is 1.96 bits per heavy atom. The summed E-state index contributed by atoms with van der Waals surface area (Å²) < 4.78 is 2.20. The van der Waals surface area contributed by atoms with E-state index in [4.69, 9.17) is 4.98 Å². The maximum atomic E-state index is 13.0. The lowest BCUT2D eigenvalue weighted by molar-refractivity contribution is -0.136. The number of amides is 1. The van der Waals surface area contributed by atoms with Crippen LogP contribution in [-0.2, 0) is 11.3 Å². The van der Waals surface area contributed by atoms with Crippen molar-refractivity contribution in [3.63, 3.8) is 0 Å². The highest BCUT2D eigenvalue weighted by atomic mass is 32.2. The van der Waals surface area contributed by atoms with Gasteiger partial charge in [-0.25, -0.2) is 4.98 Å². The molecule has 1 aliphatic rings. The van der Waals surface area contributed by atoms with Gasteiger partial charge in [-0.1, -0.05) is 23.9 Å². The summed E-state index contributed by atoms with van der Waals surface area (Å²) in [4.78, 5) is 19.8. The van der Waals surface area contributed by atoms with Crippen LogP contribution in [0.3, 0.4) is 0 Å². The van der Waals surface area contributed by atoms with Crippen LogP contribution in [0.1, 0.15) is 47.0 Å². The first kappa shape index (κ1) is 17.3. The lowest BCUT2D eigenvalue weighted by Crippen LogP contribution is -2.50. The molecular weight excluding hydrogens is 318 g/mol. The Kier molecular flexibility index (Phi) is 5.18. The lowest BCUT2D eigenvalue weighted by atomic mass is 9.97. The van der Waals surface area contributed by atoms with Gasteiger partial charge in [0, 0.05) is 18.6 Å². The average Bonchev–Trinajstić information content (AvgIpc) is 2.91. The molecule has 2 heterocycles. The Bertz CT molecular complexity index is 716. The number of hydrogen-bond acceptors (Lipinski definition) is 3. The molecule has 0 spiro atoms. The smallest absolute Gasteiger partial charge is 0.236 e. The second-order valence-corrected chi connectivity index (χ2v) is 8.07. The van der Waals surface area contributed by atoms with Crippen LogP contribution in [0.4, 0.5) is 0 Å². The summed E-state index contributed by atoms with van der Waals surface area (Å²) in [5.41, 5.74) is 2.14. The molecule has 0 aliphatic carbocycles.